The molecular weight excluding hydrogens is 172 g/mol. The van der Waals surface area contributed by atoms with Crippen molar-refractivity contribution in [3.63, 3.8) is 0 Å². The summed E-state index contributed by atoms with van der Waals surface area (Å²) >= 11 is 0. The molecule has 0 aromatic carbocycles. The highest BCUT2D eigenvalue weighted by atomic mass is 16.3. The zero-order chi connectivity index (χ0) is 11.2. The summed E-state index contributed by atoms with van der Waals surface area (Å²) in [5, 5.41) is 9.20. The third-order valence-corrected chi connectivity index (χ3v) is 2.60. The summed E-state index contributed by atoms with van der Waals surface area (Å²) in [5.41, 5.74) is 0.442. The van der Waals surface area contributed by atoms with Crippen molar-refractivity contribution in [1.82, 2.24) is 0 Å². The van der Waals surface area contributed by atoms with Crippen LogP contribution in [0, 0.1) is 17.3 Å². The van der Waals surface area contributed by atoms with Crippen molar-refractivity contribution in [2.24, 2.45) is 17.3 Å². The monoisotopic (exact) mass is 200 g/mol. The average Bonchev–Trinajstić information content (AvgIpc) is 1.99. The van der Waals surface area contributed by atoms with Gasteiger partial charge in [0, 0.05) is 6.61 Å². The van der Waals surface area contributed by atoms with Gasteiger partial charge in [-0.15, -0.1) is 0 Å². The Kier molecular flexibility index (Phi) is 6.43. The fourth-order valence-electron chi connectivity index (χ4n) is 1.87. The SMILES string of the molecule is CC(C)CC(CO)CCCC(C)(C)C. The maximum Gasteiger partial charge on any atom is 0.0459 e. The van der Waals surface area contributed by atoms with Crippen molar-refractivity contribution in [2.75, 3.05) is 6.61 Å². The molecule has 0 fully saturated rings. The van der Waals surface area contributed by atoms with Crippen LogP contribution >= 0.6 is 0 Å². The van der Waals surface area contributed by atoms with Crippen molar-refractivity contribution in [2.45, 2.75) is 60.3 Å². The van der Waals surface area contributed by atoms with Crippen molar-refractivity contribution < 1.29 is 5.11 Å². The Morgan fingerprint density at radius 1 is 1.14 bits per heavy atom. The van der Waals surface area contributed by atoms with Crippen molar-refractivity contribution in [1.29, 1.82) is 0 Å². The van der Waals surface area contributed by atoms with Crippen LogP contribution in [0.3, 0.4) is 0 Å². The summed E-state index contributed by atoms with van der Waals surface area (Å²) < 4.78 is 0. The van der Waals surface area contributed by atoms with E-state index in [4.69, 9.17) is 0 Å². The van der Waals surface area contributed by atoms with Gasteiger partial charge in [0.05, 0.1) is 0 Å². The summed E-state index contributed by atoms with van der Waals surface area (Å²) in [6, 6.07) is 0. The lowest BCUT2D eigenvalue weighted by Gasteiger charge is -2.21. The summed E-state index contributed by atoms with van der Waals surface area (Å²) in [4.78, 5) is 0. The van der Waals surface area contributed by atoms with E-state index in [1.54, 1.807) is 0 Å². The molecule has 86 valence electrons. The molecule has 0 rings (SSSR count). The Morgan fingerprint density at radius 2 is 1.71 bits per heavy atom. The van der Waals surface area contributed by atoms with E-state index in [0.29, 0.717) is 23.9 Å². The smallest absolute Gasteiger partial charge is 0.0459 e. The lowest BCUT2D eigenvalue weighted by Crippen LogP contribution is -2.11. The number of aliphatic hydroxyl groups is 1. The van der Waals surface area contributed by atoms with E-state index < -0.39 is 0 Å². The molecule has 0 saturated carbocycles. The Hall–Kier alpha value is -0.0400. The van der Waals surface area contributed by atoms with E-state index in [1.165, 1.54) is 25.7 Å². The van der Waals surface area contributed by atoms with Crippen molar-refractivity contribution >= 4 is 0 Å². The molecule has 1 atom stereocenters. The fourth-order valence-corrected chi connectivity index (χ4v) is 1.87. The molecule has 0 aromatic heterocycles. The molecule has 0 aromatic rings. The summed E-state index contributed by atoms with van der Waals surface area (Å²) in [7, 11) is 0. The molecule has 14 heavy (non-hydrogen) atoms. The van der Waals surface area contributed by atoms with Crippen LogP contribution < -0.4 is 0 Å². The normalized spacial score (nSPS) is 14.8. The number of aliphatic hydroxyl groups excluding tert-OH is 1. The topological polar surface area (TPSA) is 20.2 Å². The van der Waals surface area contributed by atoms with E-state index in [2.05, 4.69) is 34.6 Å². The Bertz CT molecular complexity index is 133. The van der Waals surface area contributed by atoms with Gasteiger partial charge in [-0.2, -0.15) is 0 Å². The van der Waals surface area contributed by atoms with E-state index in [1.807, 2.05) is 0 Å². The van der Waals surface area contributed by atoms with Crippen LogP contribution in [0.5, 0.6) is 0 Å². The van der Waals surface area contributed by atoms with Gasteiger partial charge in [0.25, 0.3) is 0 Å². The van der Waals surface area contributed by atoms with Crippen molar-refractivity contribution in [3.8, 4) is 0 Å². The van der Waals surface area contributed by atoms with Gasteiger partial charge in [-0.25, -0.2) is 0 Å². The molecule has 0 aliphatic carbocycles. The third-order valence-electron chi connectivity index (χ3n) is 2.60. The lowest BCUT2D eigenvalue weighted by atomic mass is 9.86. The molecule has 1 unspecified atom stereocenters. The molecule has 1 heteroatoms. The van der Waals surface area contributed by atoms with Gasteiger partial charge in [-0.1, -0.05) is 41.0 Å². The first-order valence-electron chi connectivity index (χ1n) is 5.96. The first kappa shape index (κ1) is 14.0. The highest BCUT2D eigenvalue weighted by Gasteiger charge is 2.13. The summed E-state index contributed by atoms with van der Waals surface area (Å²) in [5.74, 6) is 1.24. The predicted molar refractivity (Wildman–Crippen MR) is 63.3 cm³/mol. The van der Waals surface area contributed by atoms with Gasteiger partial charge in [-0.3, -0.25) is 0 Å². The second-order valence-electron chi connectivity index (χ2n) is 6.13. The van der Waals surface area contributed by atoms with Crippen LogP contribution in [0.25, 0.3) is 0 Å². The Balaban J connectivity index is 3.63. The second-order valence-corrected chi connectivity index (χ2v) is 6.13. The molecule has 1 N–H and O–H groups in total. The molecule has 0 radical (unpaired) electrons. The first-order chi connectivity index (χ1) is 6.35. The van der Waals surface area contributed by atoms with E-state index in [0.717, 1.165) is 0 Å². The number of hydrogen-bond acceptors (Lipinski definition) is 1. The molecule has 0 bridgehead atoms. The molecule has 0 aliphatic rings. The molecule has 0 saturated heterocycles. The van der Waals surface area contributed by atoms with E-state index in [9.17, 15) is 5.11 Å². The minimum Gasteiger partial charge on any atom is -0.396 e. The average molecular weight is 200 g/mol. The van der Waals surface area contributed by atoms with Gasteiger partial charge in [0.2, 0.25) is 0 Å². The van der Waals surface area contributed by atoms with Crippen LogP contribution in [0.4, 0.5) is 0 Å². The van der Waals surface area contributed by atoms with Crippen LogP contribution in [0.2, 0.25) is 0 Å². The quantitative estimate of drug-likeness (QED) is 0.690. The highest BCUT2D eigenvalue weighted by Crippen LogP contribution is 2.25. The zero-order valence-corrected chi connectivity index (χ0v) is 10.6. The lowest BCUT2D eigenvalue weighted by molar-refractivity contribution is 0.190. The third kappa shape index (κ3) is 8.55. The van der Waals surface area contributed by atoms with E-state index in [-0.39, 0.29) is 0 Å². The number of hydrogen-bond donors (Lipinski definition) is 1. The maximum atomic E-state index is 9.20. The molecule has 0 aliphatic heterocycles. The molecule has 0 spiro atoms. The zero-order valence-electron chi connectivity index (χ0n) is 10.6. The second kappa shape index (κ2) is 6.44. The van der Waals surface area contributed by atoms with Gasteiger partial charge < -0.3 is 5.11 Å². The van der Waals surface area contributed by atoms with Gasteiger partial charge in [0.1, 0.15) is 0 Å². The van der Waals surface area contributed by atoms with Crippen molar-refractivity contribution in [3.05, 3.63) is 0 Å². The Labute approximate surface area is 89.9 Å². The molecular formula is C13H28O. The van der Waals surface area contributed by atoms with Crippen LogP contribution in [-0.2, 0) is 0 Å². The maximum absolute atomic E-state index is 9.20. The van der Waals surface area contributed by atoms with Crippen LogP contribution in [-0.4, -0.2) is 11.7 Å². The minimum absolute atomic E-state index is 0.363. The van der Waals surface area contributed by atoms with Crippen LogP contribution in [0.15, 0.2) is 0 Å². The van der Waals surface area contributed by atoms with Crippen LogP contribution in [0.1, 0.15) is 60.3 Å². The first-order valence-corrected chi connectivity index (χ1v) is 5.96. The molecule has 1 nitrogen and oxygen atoms in total. The molecule has 0 amide bonds. The summed E-state index contributed by atoms with van der Waals surface area (Å²) in [6.45, 7) is 11.7. The van der Waals surface area contributed by atoms with Gasteiger partial charge in [-0.05, 0) is 36.5 Å². The van der Waals surface area contributed by atoms with Gasteiger partial charge >= 0.3 is 0 Å². The largest absolute Gasteiger partial charge is 0.396 e. The van der Waals surface area contributed by atoms with Gasteiger partial charge in [0.15, 0.2) is 0 Å². The Morgan fingerprint density at radius 3 is 2.07 bits per heavy atom. The van der Waals surface area contributed by atoms with E-state index >= 15 is 0 Å². The predicted octanol–water partition coefficient (Wildman–Crippen LogP) is 3.86. The minimum atomic E-state index is 0.363. The highest BCUT2D eigenvalue weighted by molar-refractivity contribution is 4.65. The standard InChI is InChI=1S/C13H28O/c1-11(2)9-12(10-14)7-6-8-13(3,4)5/h11-12,14H,6-10H2,1-5H3. The summed E-state index contributed by atoms with van der Waals surface area (Å²) in [6.07, 6.45) is 4.87. The molecule has 0 heterocycles. The number of rotatable bonds is 6. The fraction of sp³-hybridized carbons (Fsp3) is 1.00.